The van der Waals surface area contributed by atoms with Crippen molar-refractivity contribution >= 4 is 21.3 Å². The van der Waals surface area contributed by atoms with Gasteiger partial charge < -0.3 is 10.6 Å². The molecule has 2 N–H and O–H groups in total. The molecule has 1 aliphatic rings. The standard InChI is InChI=1S/C15H22N4O3S/c1-23(21,22)11-10-18-6-8-19(9-7-18)12-13(15(16)20)14-4-2-3-5-17-14/h2-5,12H,6-11H2,1H3,(H2,16,20). The topological polar surface area (TPSA) is 96.6 Å². The maximum Gasteiger partial charge on any atom is 0.252 e. The number of pyridine rings is 1. The van der Waals surface area contributed by atoms with Crippen LogP contribution in [0.4, 0.5) is 0 Å². The summed E-state index contributed by atoms with van der Waals surface area (Å²) in [6.07, 6.45) is 4.62. The molecular formula is C15H22N4O3S. The largest absolute Gasteiger partial charge is 0.374 e. The summed E-state index contributed by atoms with van der Waals surface area (Å²) < 4.78 is 22.4. The summed E-state index contributed by atoms with van der Waals surface area (Å²) in [5, 5.41) is 0. The highest BCUT2D eigenvalue weighted by Gasteiger charge is 2.18. The number of carbonyl (C=O) groups excluding carboxylic acids is 1. The molecule has 1 amide bonds. The second-order valence-electron chi connectivity index (χ2n) is 5.63. The van der Waals surface area contributed by atoms with Gasteiger partial charge in [-0.1, -0.05) is 6.07 Å². The van der Waals surface area contributed by atoms with E-state index in [2.05, 4.69) is 9.88 Å². The Morgan fingerprint density at radius 3 is 2.52 bits per heavy atom. The number of carbonyl (C=O) groups is 1. The lowest BCUT2D eigenvalue weighted by atomic mass is 10.1. The maximum atomic E-state index is 11.7. The molecule has 0 atom stereocenters. The Bertz CT molecular complexity index is 665. The minimum absolute atomic E-state index is 0.170. The van der Waals surface area contributed by atoms with Crippen LogP contribution in [-0.2, 0) is 14.6 Å². The second kappa shape index (κ2) is 7.56. The molecule has 1 fully saturated rings. The number of primary amides is 1. The van der Waals surface area contributed by atoms with Gasteiger partial charge >= 0.3 is 0 Å². The van der Waals surface area contributed by atoms with Crippen LogP contribution >= 0.6 is 0 Å². The molecule has 1 aromatic heterocycles. The highest BCUT2D eigenvalue weighted by molar-refractivity contribution is 7.90. The van der Waals surface area contributed by atoms with Gasteiger partial charge in [0.15, 0.2) is 0 Å². The predicted molar refractivity (Wildman–Crippen MR) is 89.1 cm³/mol. The van der Waals surface area contributed by atoms with Crippen LogP contribution < -0.4 is 5.73 Å². The SMILES string of the molecule is CS(=O)(=O)CCN1CCN(C=C(C(N)=O)c2ccccn2)CC1. The van der Waals surface area contributed by atoms with Crippen molar-refractivity contribution in [2.75, 3.05) is 44.7 Å². The van der Waals surface area contributed by atoms with Gasteiger partial charge in [-0.15, -0.1) is 0 Å². The van der Waals surface area contributed by atoms with Crippen LogP contribution in [0.3, 0.4) is 0 Å². The number of sulfone groups is 1. The van der Waals surface area contributed by atoms with Crippen LogP contribution in [0.1, 0.15) is 5.69 Å². The molecule has 1 aromatic rings. The van der Waals surface area contributed by atoms with Gasteiger partial charge in [0.1, 0.15) is 9.84 Å². The monoisotopic (exact) mass is 338 g/mol. The van der Waals surface area contributed by atoms with E-state index < -0.39 is 15.7 Å². The van der Waals surface area contributed by atoms with Crippen LogP contribution in [0.5, 0.6) is 0 Å². The van der Waals surface area contributed by atoms with Gasteiger partial charge in [0.05, 0.1) is 17.0 Å². The fourth-order valence-corrected chi connectivity index (χ4v) is 2.96. The molecule has 0 unspecified atom stereocenters. The van der Waals surface area contributed by atoms with Gasteiger partial charge in [-0.05, 0) is 12.1 Å². The molecule has 23 heavy (non-hydrogen) atoms. The first-order valence-corrected chi connectivity index (χ1v) is 9.48. The van der Waals surface area contributed by atoms with Crippen molar-refractivity contribution < 1.29 is 13.2 Å². The zero-order valence-electron chi connectivity index (χ0n) is 13.2. The molecular weight excluding hydrogens is 316 g/mol. The molecule has 0 aromatic carbocycles. The second-order valence-corrected chi connectivity index (χ2v) is 7.89. The number of aromatic nitrogens is 1. The first kappa shape index (κ1) is 17.4. The zero-order valence-corrected chi connectivity index (χ0v) is 14.0. The van der Waals surface area contributed by atoms with Crippen LogP contribution in [0.2, 0.25) is 0 Å². The quantitative estimate of drug-likeness (QED) is 0.707. The van der Waals surface area contributed by atoms with Crippen molar-refractivity contribution in [1.82, 2.24) is 14.8 Å². The number of nitrogens with zero attached hydrogens (tertiary/aromatic N) is 3. The Morgan fingerprint density at radius 2 is 2.00 bits per heavy atom. The first-order valence-electron chi connectivity index (χ1n) is 7.42. The average Bonchev–Trinajstić information content (AvgIpc) is 2.51. The summed E-state index contributed by atoms with van der Waals surface area (Å²) in [4.78, 5) is 20.0. The van der Waals surface area contributed by atoms with Crippen molar-refractivity contribution in [2.24, 2.45) is 5.73 Å². The molecule has 2 rings (SSSR count). The Kier molecular flexibility index (Phi) is 5.73. The van der Waals surface area contributed by atoms with Gasteiger partial charge in [0, 0.05) is 51.4 Å². The van der Waals surface area contributed by atoms with E-state index in [4.69, 9.17) is 5.73 Å². The highest BCUT2D eigenvalue weighted by atomic mass is 32.2. The molecule has 0 spiro atoms. The molecule has 1 saturated heterocycles. The summed E-state index contributed by atoms with van der Waals surface area (Å²) in [5.41, 5.74) is 6.40. The third kappa shape index (κ3) is 5.65. The summed E-state index contributed by atoms with van der Waals surface area (Å²) >= 11 is 0. The van der Waals surface area contributed by atoms with Crippen LogP contribution in [0.15, 0.2) is 30.6 Å². The van der Waals surface area contributed by atoms with Gasteiger partial charge in [0.25, 0.3) is 5.91 Å². The third-order valence-electron chi connectivity index (χ3n) is 3.70. The molecule has 1 aliphatic heterocycles. The number of nitrogens with two attached hydrogens (primary N) is 1. The van der Waals surface area contributed by atoms with Crippen molar-refractivity contribution in [3.05, 3.63) is 36.3 Å². The van der Waals surface area contributed by atoms with E-state index in [1.807, 2.05) is 11.0 Å². The van der Waals surface area contributed by atoms with Crippen molar-refractivity contribution in [3.8, 4) is 0 Å². The predicted octanol–water partition coefficient (Wildman–Crippen LogP) is -0.430. The molecule has 2 heterocycles. The molecule has 126 valence electrons. The van der Waals surface area contributed by atoms with E-state index in [1.165, 1.54) is 6.26 Å². The minimum atomic E-state index is -2.94. The van der Waals surface area contributed by atoms with Gasteiger partial charge in [-0.3, -0.25) is 14.7 Å². The Hall–Kier alpha value is -1.93. The lowest BCUT2D eigenvalue weighted by Crippen LogP contribution is -2.45. The molecule has 0 radical (unpaired) electrons. The Balaban J connectivity index is 1.97. The van der Waals surface area contributed by atoms with Crippen LogP contribution in [0, 0.1) is 0 Å². The smallest absolute Gasteiger partial charge is 0.252 e. The lowest BCUT2D eigenvalue weighted by molar-refractivity contribution is -0.112. The van der Waals surface area contributed by atoms with Gasteiger partial charge in [0.2, 0.25) is 0 Å². The molecule has 0 saturated carbocycles. The van der Waals surface area contributed by atoms with E-state index in [-0.39, 0.29) is 5.75 Å². The number of piperazine rings is 1. The first-order chi connectivity index (χ1) is 10.8. The number of hydrogen-bond donors (Lipinski definition) is 1. The normalized spacial score (nSPS) is 17.3. The van der Waals surface area contributed by atoms with Crippen molar-refractivity contribution in [1.29, 1.82) is 0 Å². The van der Waals surface area contributed by atoms with E-state index in [9.17, 15) is 13.2 Å². The lowest BCUT2D eigenvalue weighted by Gasteiger charge is -2.34. The fourth-order valence-electron chi connectivity index (χ4n) is 2.37. The van der Waals surface area contributed by atoms with Crippen LogP contribution in [0.25, 0.3) is 5.57 Å². The third-order valence-corrected chi connectivity index (χ3v) is 4.63. The molecule has 0 bridgehead atoms. The van der Waals surface area contributed by atoms with Gasteiger partial charge in [-0.2, -0.15) is 0 Å². The number of amides is 1. The summed E-state index contributed by atoms with van der Waals surface area (Å²) in [6, 6.07) is 5.34. The number of hydrogen-bond acceptors (Lipinski definition) is 6. The van der Waals surface area contributed by atoms with Gasteiger partial charge in [-0.25, -0.2) is 8.42 Å². The molecule has 7 nitrogen and oxygen atoms in total. The van der Waals surface area contributed by atoms with E-state index in [0.29, 0.717) is 30.9 Å². The Labute approximate surface area is 136 Å². The highest BCUT2D eigenvalue weighted by Crippen LogP contribution is 2.13. The minimum Gasteiger partial charge on any atom is -0.374 e. The zero-order chi connectivity index (χ0) is 16.9. The van der Waals surface area contributed by atoms with E-state index >= 15 is 0 Å². The van der Waals surface area contributed by atoms with E-state index in [1.54, 1.807) is 24.5 Å². The maximum absolute atomic E-state index is 11.7. The fraction of sp³-hybridized carbons (Fsp3) is 0.467. The van der Waals surface area contributed by atoms with E-state index in [0.717, 1.165) is 13.1 Å². The summed E-state index contributed by atoms with van der Waals surface area (Å²) in [5.74, 6) is -0.341. The summed E-state index contributed by atoms with van der Waals surface area (Å²) in [7, 11) is -2.94. The molecule has 8 heteroatoms. The summed E-state index contributed by atoms with van der Waals surface area (Å²) in [6.45, 7) is 3.47. The van der Waals surface area contributed by atoms with Crippen LogP contribution in [-0.4, -0.2) is 73.8 Å². The molecule has 0 aliphatic carbocycles. The number of rotatable bonds is 6. The van der Waals surface area contributed by atoms with Crippen molar-refractivity contribution in [2.45, 2.75) is 0 Å². The average molecular weight is 338 g/mol. The Morgan fingerprint density at radius 1 is 1.30 bits per heavy atom. The van der Waals surface area contributed by atoms with Crippen molar-refractivity contribution in [3.63, 3.8) is 0 Å².